The van der Waals surface area contributed by atoms with Crippen molar-refractivity contribution in [2.45, 2.75) is 52.4 Å². The summed E-state index contributed by atoms with van der Waals surface area (Å²) in [7, 11) is -1.38. The molecule has 0 unspecified atom stereocenters. The number of hydrogen-bond donors (Lipinski definition) is 2. The zero-order valence-electron chi connectivity index (χ0n) is 15.5. The molecule has 0 saturated heterocycles. The molecular formula is C20H28BBrO2. The SMILES string of the molecule is CC(C)(C)c1ccccc1B(O)O.CC(C)(C)c1ccccc1Br. The van der Waals surface area contributed by atoms with Gasteiger partial charge in [0.2, 0.25) is 0 Å². The summed E-state index contributed by atoms with van der Waals surface area (Å²) in [6.45, 7) is 12.8. The first-order chi connectivity index (χ1) is 10.9. The van der Waals surface area contributed by atoms with Crippen LogP contribution in [0.5, 0.6) is 0 Å². The Morgan fingerprint density at radius 3 is 1.46 bits per heavy atom. The molecule has 0 aliphatic carbocycles. The molecule has 0 atom stereocenters. The van der Waals surface area contributed by atoms with Crippen LogP contribution in [-0.4, -0.2) is 17.2 Å². The van der Waals surface area contributed by atoms with Crippen molar-refractivity contribution in [2.75, 3.05) is 0 Å². The Morgan fingerprint density at radius 1 is 0.708 bits per heavy atom. The Hall–Kier alpha value is -1.10. The molecule has 2 nitrogen and oxygen atoms in total. The van der Waals surface area contributed by atoms with Crippen LogP contribution in [0.1, 0.15) is 52.7 Å². The van der Waals surface area contributed by atoms with Gasteiger partial charge < -0.3 is 10.0 Å². The third-order valence-corrected chi connectivity index (χ3v) is 4.42. The topological polar surface area (TPSA) is 40.5 Å². The molecule has 0 aromatic heterocycles. The second-order valence-electron chi connectivity index (χ2n) is 7.94. The van der Waals surface area contributed by atoms with Crippen LogP contribution in [-0.2, 0) is 10.8 Å². The molecule has 24 heavy (non-hydrogen) atoms. The highest BCUT2D eigenvalue weighted by Gasteiger charge is 2.23. The van der Waals surface area contributed by atoms with Gasteiger partial charge in [-0.15, -0.1) is 0 Å². The lowest BCUT2D eigenvalue weighted by atomic mass is 9.70. The van der Waals surface area contributed by atoms with Gasteiger partial charge in [0.15, 0.2) is 0 Å². The van der Waals surface area contributed by atoms with Crippen molar-refractivity contribution in [1.82, 2.24) is 0 Å². The Morgan fingerprint density at radius 2 is 1.12 bits per heavy atom. The van der Waals surface area contributed by atoms with Crippen molar-refractivity contribution < 1.29 is 10.0 Å². The largest absolute Gasteiger partial charge is 0.488 e. The van der Waals surface area contributed by atoms with Crippen LogP contribution in [0.15, 0.2) is 53.0 Å². The fraction of sp³-hybridized carbons (Fsp3) is 0.400. The molecule has 2 rings (SSSR count). The molecule has 0 radical (unpaired) electrons. The van der Waals surface area contributed by atoms with E-state index in [9.17, 15) is 0 Å². The van der Waals surface area contributed by atoms with Crippen molar-refractivity contribution in [3.63, 3.8) is 0 Å². The minimum Gasteiger partial charge on any atom is -0.423 e. The van der Waals surface area contributed by atoms with Crippen LogP contribution in [0.4, 0.5) is 0 Å². The van der Waals surface area contributed by atoms with Crippen molar-refractivity contribution in [2.24, 2.45) is 0 Å². The van der Waals surface area contributed by atoms with Gasteiger partial charge in [0.05, 0.1) is 0 Å². The van der Waals surface area contributed by atoms with Gasteiger partial charge in [-0.05, 0) is 33.5 Å². The van der Waals surface area contributed by atoms with Crippen LogP contribution >= 0.6 is 15.9 Å². The molecule has 0 saturated carbocycles. The van der Waals surface area contributed by atoms with Crippen molar-refractivity contribution in [3.05, 3.63) is 64.1 Å². The number of halogens is 1. The number of benzene rings is 2. The first kappa shape index (κ1) is 20.9. The maximum absolute atomic E-state index is 9.12. The van der Waals surface area contributed by atoms with E-state index in [1.54, 1.807) is 6.07 Å². The average molecular weight is 391 g/mol. The van der Waals surface area contributed by atoms with E-state index >= 15 is 0 Å². The van der Waals surface area contributed by atoms with Crippen molar-refractivity contribution in [3.8, 4) is 0 Å². The summed E-state index contributed by atoms with van der Waals surface area (Å²) in [4.78, 5) is 0. The summed E-state index contributed by atoms with van der Waals surface area (Å²) in [5.74, 6) is 0. The van der Waals surface area contributed by atoms with Crippen LogP contribution in [0.2, 0.25) is 0 Å². The van der Waals surface area contributed by atoms with E-state index in [1.807, 2.05) is 45.0 Å². The molecule has 0 heterocycles. The van der Waals surface area contributed by atoms with E-state index in [0.717, 1.165) is 5.56 Å². The Kier molecular flexibility index (Phi) is 7.27. The highest BCUT2D eigenvalue weighted by Crippen LogP contribution is 2.28. The zero-order valence-corrected chi connectivity index (χ0v) is 17.1. The highest BCUT2D eigenvalue weighted by molar-refractivity contribution is 9.10. The minimum atomic E-state index is -1.38. The van der Waals surface area contributed by atoms with Gasteiger partial charge >= 0.3 is 7.12 Å². The van der Waals surface area contributed by atoms with Crippen LogP contribution in [0, 0.1) is 0 Å². The zero-order chi connectivity index (χ0) is 18.5. The van der Waals surface area contributed by atoms with E-state index in [0.29, 0.717) is 5.46 Å². The maximum atomic E-state index is 9.12. The summed E-state index contributed by atoms with van der Waals surface area (Å²) in [5.41, 5.74) is 3.11. The summed E-state index contributed by atoms with van der Waals surface area (Å²) in [6.07, 6.45) is 0. The molecule has 0 spiro atoms. The summed E-state index contributed by atoms with van der Waals surface area (Å²) >= 11 is 3.53. The smallest absolute Gasteiger partial charge is 0.423 e. The maximum Gasteiger partial charge on any atom is 0.488 e. The summed E-state index contributed by atoms with van der Waals surface area (Å²) in [6, 6.07) is 15.7. The van der Waals surface area contributed by atoms with Crippen molar-refractivity contribution in [1.29, 1.82) is 0 Å². The van der Waals surface area contributed by atoms with E-state index in [4.69, 9.17) is 10.0 Å². The van der Waals surface area contributed by atoms with Gasteiger partial charge in [-0.3, -0.25) is 0 Å². The lowest BCUT2D eigenvalue weighted by molar-refractivity contribution is 0.424. The molecule has 4 heteroatoms. The molecule has 0 fully saturated rings. The molecular weight excluding hydrogens is 363 g/mol. The third kappa shape index (κ3) is 6.08. The molecule has 0 aliphatic rings. The van der Waals surface area contributed by atoms with E-state index in [2.05, 4.69) is 54.9 Å². The Balaban J connectivity index is 0.000000243. The fourth-order valence-electron chi connectivity index (χ4n) is 2.47. The van der Waals surface area contributed by atoms with Gasteiger partial charge in [-0.2, -0.15) is 0 Å². The lowest BCUT2D eigenvalue weighted by Gasteiger charge is -2.22. The van der Waals surface area contributed by atoms with Gasteiger partial charge in [0.1, 0.15) is 0 Å². The molecule has 130 valence electrons. The quantitative estimate of drug-likeness (QED) is 0.708. The van der Waals surface area contributed by atoms with Crippen molar-refractivity contribution >= 4 is 28.5 Å². The lowest BCUT2D eigenvalue weighted by Crippen LogP contribution is -2.36. The first-order valence-electron chi connectivity index (χ1n) is 8.15. The first-order valence-corrected chi connectivity index (χ1v) is 8.94. The van der Waals surface area contributed by atoms with Gasteiger partial charge in [-0.25, -0.2) is 0 Å². The summed E-state index contributed by atoms with van der Waals surface area (Å²) < 4.78 is 1.20. The van der Waals surface area contributed by atoms with E-state index < -0.39 is 7.12 Å². The number of rotatable bonds is 1. The van der Waals surface area contributed by atoms with Crippen LogP contribution < -0.4 is 5.46 Å². The highest BCUT2D eigenvalue weighted by atomic mass is 79.9. The minimum absolute atomic E-state index is 0.0553. The Bertz CT molecular complexity index is 655. The molecule has 0 bridgehead atoms. The monoisotopic (exact) mass is 390 g/mol. The van der Waals surface area contributed by atoms with Gasteiger partial charge in [0.25, 0.3) is 0 Å². The molecule has 0 aliphatic heterocycles. The van der Waals surface area contributed by atoms with Crippen LogP contribution in [0.3, 0.4) is 0 Å². The standard InChI is InChI=1S/C10H15BO2.C10H13Br/c1-10(2,3)8-6-4-5-7-9(8)11(12)13;1-10(2,3)8-6-4-5-7-9(8)11/h4-7,12-13H,1-3H3;4-7H,1-3H3. The second kappa shape index (κ2) is 8.33. The summed E-state index contributed by atoms with van der Waals surface area (Å²) in [5, 5.41) is 18.2. The molecule has 2 N–H and O–H groups in total. The molecule has 2 aromatic rings. The van der Waals surface area contributed by atoms with Crippen LogP contribution in [0.25, 0.3) is 0 Å². The molecule has 0 amide bonds. The molecule has 2 aromatic carbocycles. The van der Waals surface area contributed by atoms with Gasteiger partial charge in [-0.1, -0.05) is 99.9 Å². The normalized spacial score (nSPS) is 11.5. The predicted octanol–water partition coefficient (Wildman–Crippen LogP) is 4.41. The average Bonchev–Trinajstić information content (AvgIpc) is 2.46. The van der Waals surface area contributed by atoms with Gasteiger partial charge in [0, 0.05) is 4.47 Å². The predicted molar refractivity (Wildman–Crippen MR) is 108 cm³/mol. The second-order valence-corrected chi connectivity index (χ2v) is 8.80. The van der Waals surface area contributed by atoms with E-state index in [1.165, 1.54) is 10.0 Å². The fourth-order valence-corrected chi connectivity index (χ4v) is 3.35. The van der Waals surface area contributed by atoms with E-state index in [-0.39, 0.29) is 10.8 Å². The third-order valence-electron chi connectivity index (χ3n) is 3.73. The Labute approximate surface area is 155 Å². The number of hydrogen-bond acceptors (Lipinski definition) is 2.